The Labute approximate surface area is 201 Å². The highest BCUT2D eigenvalue weighted by Crippen LogP contribution is 2.42. The van der Waals surface area contributed by atoms with Gasteiger partial charge in [-0.2, -0.15) is 0 Å². The van der Waals surface area contributed by atoms with Crippen LogP contribution >= 0.6 is 23.2 Å². The van der Waals surface area contributed by atoms with E-state index in [2.05, 4.69) is 5.16 Å². The van der Waals surface area contributed by atoms with E-state index in [0.29, 0.717) is 49.9 Å². The van der Waals surface area contributed by atoms with E-state index in [4.69, 9.17) is 41.9 Å². The standard InChI is InChI=1S/C25H21Cl2NO5/c1-14-24(15-7-10-22(30-2)23(11-15)31-3)25(33-28-14)17-9-8-16(12-21(17)29)32-13-18-19(26)5-4-6-20(18)27/h4-12,29H,13H2,1-3H3. The van der Waals surface area contributed by atoms with Gasteiger partial charge in [-0.3, -0.25) is 0 Å². The van der Waals surface area contributed by atoms with Crippen molar-refractivity contribution in [2.45, 2.75) is 13.5 Å². The summed E-state index contributed by atoms with van der Waals surface area (Å²) < 4.78 is 22.1. The first kappa shape index (κ1) is 22.8. The number of halogens is 2. The van der Waals surface area contributed by atoms with Crippen LogP contribution in [-0.2, 0) is 6.61 Å². The SMILES string of the molecule is COc1ccc(-c2c(C)noc2-c2ccc(OCc3c(Cl)cccc3Cl)cc2O)cc1OC. The van der Waals surface area contributed by atoms with Crippen molar-refractivity contribution in [1.82, 2.24) is 5.16 Å². The molecule has 0 atom stereocenters. The Bertz CT molecular complexity index is 1280. The first-order valence-electron chi connectivity index (χ1n) is 10.0. The summed E-state index contributed by atoms with van der Waals surface area (Å²) in [5.74, 6) is 2.05. The topological polar surface area (TPSA) is 74.0 Å². The molecule has 4 rings (SSSR count). The number of aromatic hydroxyl groups is 1. The van der Waals surface area contributed by atoms with Crippen LogP contribution in [0, 0.1) is 6.92 Å². The summed E-state index contributed by atoms with van der Waals surface area (Å²) in [5.41, 5.74) is 3.37. The average Bonchev–Trinajstić information content (AvgIpc) is 3.19. The third-order valence-corrected chi connectivity index (χ3v) is 5.90. The van der Waals surface area contributed by atoms with Gasteiger partial charge in [0.05, 0.1) is 31.0 Å². The fourth-order valence-corrected chi connectivity index (χ4v) is 4.01. The fraction of sp³-hybridized carbons (Fsp3) is 0.160. The predicted molar refractivity (Wildman–Crippen MR) is 128 cm³/mol. The van der Waals surface area contributed by atoms with Crippen molar-refractivity contribution in [1.29, 1.82) is 0 Å². The van der Waals surface area contributed by atoms with Crippen molar-refractivity contribution >= 4 is 23.2 Å². The molecule has 4 aromatic rings. The van der Waals surface area contributed by atoms with Crippen LogP contribution in [0.3, 0.4) is 0 Å². The molecule has 1 heterocycles. The summed E-state index contributed by atoms with van der Waals surface area (Å²) in [4.78, 5) is 0. The number of nitrogens with zero attached hydrogens (tertiary/aromatic N) is 1. The van der Waals surface area contributed by atoms with E-state index >= 15 is 0 Å². The van der Waals surface area contributed by atoms with E-state index in [9.17, 15) is 5.11 Å². The van der Waals surface area contributed by atoms with Crippen LogP contribution in [-0.4, -0.2) is 24.5 Å². The molecule has 170 valence electrons. The molecule has 0 spiro atoms. The van der Waals surface area contributed by atoms with Crippen LogP contribution in [0.1, 0.15) is 11.3 Å². The fourth-order valence-electron chi connectivity index (χ4n) is 3.50. The number of aryl methyl sites for hydroxylation is 1. The van der Waals surface area contributed by atoms with Crippen molar-refractivity contribution in [3.63, 3.8) is 0 Å². The zero-order valence-corrected chi connectivity index (χ0v) is 19.7. The Hall–Kier alpha value is -3.35. The summed E-state index contributed by atoms with van der Waals surface area (Å²) in [7, 11) is 3.15. The molecule has 0 bridgehead atoms. The monoisotopic (exact) mass is 485 g/mol. The molecule has 3 aromatic carbocycles. The van der Waals surface area contributed by atoms with Gasteiger partial charge in [0.15, 0.2) is 17.3 Å². The predicted octanol–water partition coefficient (Wildman–Crippen LogP) is 6.93. The van der Waals surface area contributed by atoms with Gasteiger partial charge in [0.2, 0.25) is 0 Å². The summed E-state index contributed by atoms with van der Waals surface area (Å²) in [6.45, 7) is 2.00. The second kappa shape index (κ2) is 9.65. The number of ether oxygens (including phenoxy) is 3. The maximum absolute atomic E-state index is 10.8. The van der Waals surface area contributed by atoms with E-state index in [1.807, 2.05) is 19.1 Å². The molecule has 0 aliphatic carbocycles. The molecular formula is C25H21Cl2NO5. The van der Waals surface area contributed by atoms with Crippen LogP contribution in [0.2, 0.25) is 10.0 Å². The van der Waals surface area contributed by atoms with E-state index in [1.165, 1.54) is 6.07 Å². The first-order valence-corrected chi connectivity index (χ1v) is 10.8. The number of hydrogen-bond acceptors (Lipinski definition) is 6. The Morgan fingerprint density at radius 2 is 1.67 bits per heavy atom. The molecule has 0 amide bonds. The maximum Gasteiger partial charge on any atom is 0.178 e. The van der Waals surface area contributed by atoms with Gasteiger partial charge in [-0.25, -0.2) is 0 Å². The lowest BCUT2D eigenvalue weighted by atomic mass is 9.99. The second-order valence-corrected chi connectivity index (χ2v) is 8.02. The maximum atomic E-state index is 10.8. The number of hydrogen-bond donors (Lipinski definition) is 1. The van der Waals surface area contributed by atoms with Gasteiger partial charge in [0, 0.05) is 21.7 Å². The van der Waals surface area contributed by atoms with Gasteiger partial charge in [-0.15, -0.1) is 0 Å². The normalized spacial score (nSPS) is 10.8. The Balaban J connectivity index is 1.65. The minimum Gasteiger partial charge on any atom is -0.507 e. The largest absolute Gasteiger partial charge is 0.507 e. The quantitative estimate of drug-likeness (QED) is 0.306. The third kappa shape index (κ3) is 4.58. The number of rotatable bonds is 7. The lowest BCUT2D eigenvalue weighted by Crippen LogP contribution is -1.97. The smallest absolute Gasteiger partial charge is 0.178 e. The molecule has 6 nitrogen and oxygen atoms in total. The number of phenols is 1. The summed E-state index contributed by atoms with van der Waals surface area (Å²) >= 11 is 12.4. The molecular weight excluding hydrogens is 465 g/mol. The van der Waals surface area contributed by atoms with Crippen LogP contribution in [0.5, 0.6) is 23.0 Å². The van der Waals surface area contributed by atoms with Gasteiger partial charge in [0.1, 0.15) is 18.1 Å². The summed E-state index contributed by atoms with van der Waals surface area (Å²) in [6, 6.07) is 15.7. The molecule has 0 radical (unpaired) electrons. The molecule has 0 unspecified atom stereocenters. The van der Waals surface area contributed by atoms with Gasteiger partial charge in [-0.05, 0) is 48.9 Å². The molecule has 1 aromatic heterocycles. The molecule has 0 aliphatic rings. The molecule has 33 heavy (non-hydrogen) atoms. The summed E-state index contributed by atoms with van der Waals surface area (Å²) in [5, 5.41) is 15.9. The molecule has 1 N–H and O–H groups in total. The zero-order chi connectivity index (χ0) is 23.5. The molecule has 0 saturated carbocycles. The van der Waals surface area contributed by atoms with E-state index < -0.39 is 0 Å². The number of phenolic OH excluding ortho intramolecular Hbond substituents is 1. The lowest BCUT2D eigenvalue weighted by Gasteiger charge is -2.12. The Morgan fingerprint density at radius 3 is 2.33 bits per heavy atom. The highest BCUT2D eigenvalue weighted by atomic mass is 35.5. The minimum atomic E-state index is -0.0179. The lowest BCUT2D eigenvalue weighted by molar-refractivity contribution is 0.304. The van der Waals surface area contributed by atoms with Crippen LogP contribution < -0.4 is 14.2 Å². The number of methoxy groups -OCH3 is 2. The van der Waals surface area contributed by atoms with Gasteiger partial charge in [-0.1, -0.05) is 40.5 Å². The van der Waals surface area contributed by atoms with Crippen molar-refractivity contribution in [2.75, 3.05) is 14.2 Å². The minimum absolute atomic E-state index is 0.0179. The highest BCUT2D eigenvalue weighted by Gasteiger charge is 2.21. The van der Waals surface area contributed by atoms with E-state index in [-0.39, 0.29) is 12.4 Å². The van der Waals surface area contributed by atoms with Gasteiger partial charge < -0.3 is 23.8 Å². The van der Waals surface area contributed by atoms with E-state index in [0.717, 1.165) is 11.1 Å². The van der Waals surface area contributed by atoms with Crippen LogP contribution in [0.4, 0.5) is 0 Å². The van der Waals surface area contributed by atoms with Gasteiger partial charge in [0.25, 0.3) is 0 Å². The molecule has 0 aliphatic heterocycles. The Kier molecular flexibility index (Phi) is 6.67. The molecule has 0 saturated heterocycles. The van der Waals surface area contributed by atoms with E-state index in [1.54, 1.807) is 50.6 Å². The Morgan fingerprint density at radius 1 is 0.939 bits per heavy atom. The van der Waals surface area contributed by atoms with Crippen molar-refractivity contribution in [3.8, 4) is 45.4 Å². The highest BCUT2D eigenvalue weighted by molar-refractivity contribution is 6.35. The molecule has 0 fully saturated rings. The van der Waals surface area contributed by atoms with Crippen molar-refractivity contribution in [2.24, 2.45) is 0 Å². The number of benzene rings is 3. The summed E-state index contributed by atoms with van der Waals surface area (Å²) in [6.07, 6.45) is 0. The second-order valence-electron chi connectivity index (χ2n) is 7.21. The van der Waals surface area contributed by atoms with Crippen LogP contribution in [0.15, 0.2) is 59.1 Å². The molecule has 8 heteroatoms. The average molecular weight is 486 g/mol. The first-order chi connectivity index (χ1) is 15.9. The third-order valence-electron chi connectivity index (χ3n) is 5.19. The number of aromatic nitrogens is 1. The van der Waals surface area contributed by atoms with Crippen LogP contribution in [0.25, 0.3) is 22.5 Å². The zero-order valence-electron chi connectivity index (χ0n) is 18.2. The van der Waals surface area contributed by atoms with Gasteiger partial charge >= 0.3 is 0 Å². The van der Waals surface area contributed by atoms with Crippen molar-refractivity contribution < 1.29 is 23.8 Å². The van der Waals surface area contributed by atoms with Crippen molar-refractivity contribution in [3.05, 3.63) is 75.9 Å².